The van der Waals surface area contributed by atoms with Crippen LogP contribution in [-0.4, -0.2) is 47.0 Å². The van der Waals surface area contributed by atoms with E-state index in [0.717, 1.165) is 35.1 Å². The highest BCUT2D eigenvalue weighted by Gasteiger charge is 2.22. The third-order valence-electron chi connectivity index (χ3n) is 4.89. The van der Waals surface area contributed by atoms with Gasteiger partial charge < -0.3 is 10.2 Å². The Morgan fingerprint density at radius 2 is 1.82 bits per heavy atom. The number of benzene rings is 2. The van der Waals surface area contributed by atoms with Crippen molar-refractivity contribution >= 4 is 22.6 Å². The van der Waals surface area contributed by atoms with Gasteiger partial charge >= 0.3 is 6.03 Å². The number of hydrogen-bond donors (Lipinski definition) is 1. The first-order chi connectivity index (χ1) is 13.6. The second kappa shape index (κ2) is 7.90. The molecule has 2 aromatic carbocycles. The molecule has 0 unspecified atom stereocenters. The topological polar surface area (TPSA) is 48.5 Å². The second-order valence-electron chi connectivity index (χ2n) is 6.85. The van der Waals surface area contributed by atoms with Crippen LogP contribution in [0.15, 0.2) is 54.7 Å². The first-order valence-corrected chi connectivity index (χ1v) is 9.15. The minimum atomic E-state index is -0.782. The summed E-state index contributed by atoms with van der Waals surface area (Å²) in [7, 11) is 0. The van der Waals surface area contributed by atoms with E-state index in [4.69, 9.17) is 0 Å². The fourth-order valence-electron chi connectivity index (χ4n) is 3.36. The monoisotopic (exact) mass is 382 g/mol. The first kappa shape index (κ1) is 18.3. The molecule has 5 nitrogen and oxygen atoms in total. The standard InChI is InChI=1S/C21H20F2N4O/c22-17-5-6-20(18(23)12-17)25-21(28)27-9-7-26(8-10-27)14-15-11-16-3-1-2-4-19(16)24-13-15/h1-6,11-13H,7-10,14H2,(H,25,28). The number of piperazine rings is 1. The Morgan fingerprint density at radius 1 is 1.04 bits per heavy atom. The summed E-state index contributed by atoms with van der Waals surface area (Å²) in [5.41, 5.74) is 2.09. The van der Waals surface area contributed by atoms with Crippen molar-refractivity contribution in [3.8, 4) is 0 Å². The maximum atomic E-state index is 13.7. The summed E-state index contributed by atoms with van der Waals surface area (Å²) >= 11 is 0. The summed E-state index contributed by atoms with van der Waals surface area (Å²) in [5, 5.41) is 3.62. The zero-order valence-electron chi connectivity index (χ0n) is 15.2. The van der Waals surface area contributed by atoms with Crippen LogP contribution in [0.2, 0.25) is 0 Å². The molecule has 1 fully saturated rings. The Balaban J connectivity index is 1.32. The predicted octanol–water partition coefficient (Wildman–Crippen LogP) is 3.86. The van der Waals surface area contributed by atoms with Gasteiger partial charge in [-0.15, -0.1) is 0 Å². The number of amides is 2. The number of halogens is 2. The minimum Gasteiger partial charge on any atom is -0.322 e. The van der Waals surface area contributed by atoms with Crippen LogP contribution in [0.4, 0.5) is 19.3 Å². The van der Waals surface area contributed by atoms with E-state index in [-0.39, 0.29) is 11.7 Å². The van der Waals surface area contributed by atoms with Gasteiger partial charge in [0.25, 0.3) is 0 Å². The number of anilines is 1. The molecular weight excluding hydrogens is 362 g/mol. The highest BCUT2D eigenvalue weighted by molar-refractivity contribution is 5.89. The Labute approximate surface area is 161 Å². The summed E-state index contributed by atoms with van der Waals surface area (Å²) in [6.07, 6.45) is 1.89. The fourth-order valence-corrected chi connectivity index (χ4v) is 3.36. The van der Waals surface area contributed by atoms with Crippen LogP contribution >= 0.6 is 0 Å². The maximum Gasteiger partial charge on any atom is 0.322 e. The van der Waals surface area contributed by atoms with Gasteiger partial charge in [-0.3, -0.25) is 9.88 Å². The maximum absolute atomic E-state index is 13.7. The number of carbonyl (C=O) groups is 1. The normalized spacial score (nSPS) is 15.0. The van der Waals surface area contributed by atoms with Gasteiger partial charge in [0, 0.05) is 50.4 Å². The average molecular weight is 382 g/mol. The first-order valence-electron chi connectivity index (χ1n) is 9.15. The SMILES string of the molecule is O=C(Nc1ccc(F)cc1F)N1CCN(Cc2cnc3ccccc3c2)CC1. The van der Waals surface area contributed by atoms with Crippen LogP contribution in [0.5, 0.6) is 0 Å². The lowest BCUT2D eigenvalue weighted by Crippen LogP contribution is -2.49. The molecule has 2 heterocycles. The number of hydrogen-bond acceptors (Lipinski definition) is 3. The van der Waals surface area contributed by atoms with Gasteiger partial charge in [0.1, 0.15) is 11.6 Å². The molecule has 0 aliphatic carbocycles. The van der Waals surface area contributed by atoms with Crippen molar-refractivity contribution in [3.63, 3.8) is 0 Å². The van der Waals surface area contributed by atoms with Crippen LogP contribution in [0.25, 0.3) is 10.9 Å². The lowest BCUT2D eigenvalue weighted by molar-refractivity contribution is 0.143. The van der Waals surface area contributed by atoms with Crippen molar-refractivity contribution in [2.24, 2.45) is 0 Å². The number of pyridine rings is 1. The number of rotatable bonds is 3. The number of para-hydroxylation sites is 1. The van der Waals surface area contributed by atoms with E-state index >= 15 is 0 Å². The molecular formula is C21H20F2N4O. The van der Waals surface area contributed by atoms with Gasteiger partial charge in [-0.05, 0) is 29.8 Å². The van der Waals surface area contributed by atoms with E-state index in [1.165, 1.54) is 6.07 Å². The largest absolute Gasteiger partial charge is 0.322 e. The number of fused-ring (bicyclic) bond motifs is 1. The fraction of sp³-hybridized carbons (Fsp3) is 0.238. The summed E-state index contributed by atoms with van der Waals surface area (Å²) in [6, 6.07) is 12.9. The molecule has 1 N–H and O–H groups in total. The van der Waals surface area contributed by atoms with Crippen molar-refractivity contribution in [2.45, 2.75) is 6.54 Å². The van der Waals surface area contributed by atoms with Gasteiger partial charge in [-0.25, -0.2) is 13.6 Å². The van der Waals surface area contributed by atoms with Gasteiger partial charge in [-0.2, -0.15) is 0 Å². The Morgan fingerprint density at radius 3 is 2.61 bits per heavy atom. The van der Waals surface area contributed by atoms with Crippen LogP contribution in [0.3, 0.4) is 0 Å². The quantitative estimate of drug-likeness (QED) is 0.748. The summed E-state index contributed by atoms with van der Waals surface area (Å²) < 4.78 is 26.7. The Hall–Kier alpha value is -3.06. The highest BCUT2D eigenvalue weighted by Crippen LogP contribution is 2.17. The van der Waals surface area contributed by atoms with Gasteiger partial charge in [0.15, 0.2) is 0 Å². The molecule has 1 aromatic heterocycles. The average Bonchev–Trinajstić information content (AvgIpc) is 2.70. The molecule has 2 amide bonds. The van der Waals surface area contributed by atoms with E-state index < -0.39 is 11.6 Å². The van der Waals surface area contributed by atoms with Crippen molar-refractivity contribution < 1.29 is 13.6 Å². The van der Waals surface area contributed by atoms with Crippen LogP contribution < -0.4 is 5.32 Å². The number of carbonyl (C=O) groups excluding carboxylic acids is 1. The zero-order valence-corrected chi connectivity index (χ0v) is 15.2. The molecule has 1 aliphatic rings. The van der Waals surface area contributed by atoms with E-state index in [9.17, 15) is 13.6 Å². The number of nitrogens with zero attached hydrogens (tertiary/aromatic N) is 3. The van der Waals surface area contributed by atoms with E-state index in [0.29, 0.717) is 26.2 Å². The number of urea groups is 1. The van der Waals surface area contributed by atoms with Crippen LogP contribution in [0, 0.1) is 11.6 Å². The zero-order chi connectivity index (χ0) is 19.5. The summed E-state index contributed by atoms with van der Waals surface area (Å²) in [6.45, 7) is 3.27. The molecule has 0 radical (unpaired) electrons. The molecule has 3 aromatic rings. The molecule has 7 heteroatoms. The lowest BCUT2D eigenvalue weighted by Gasteiger charge is -2.34. The molecule has 144 valence electrons. The molecule has 4 rings (SSSR count). The third kappa shape index (κ3) is 4.09. The number of aromatic nitrogens is 1. The van der Waals surface area contributed by atoms with Crippen molar-refractivity contribution in [3.05, 3.63) is 71.9 Å². The highest BCUT2D eigenvalue weighted by atomic mass is 19.1. The van der Waals surface area contributed by atoms with E-state index in [2.05, 4.69) is 21.3 Å². The molecule has 0 bridgehead atoms. The van der Waals surface area contributed by atoms with Crippen molar-refractivity contribution in [1.82, 2.24) is 14.8 Å². The van der Waals surface area contributed by atoms with Gasteiger partial charge in [0.2, 0.25) is 0 Å². The van der Waals surface area contributed by atoms with E-state index in [1.54, 1.807) is 4.90 Å². The van der Waals surface area contributed by atoms with Crippen molar-refractivity contribution in [2.75, 3.05) is 31.5 Å². The Bertz CT molecular complexity index is 1000. The summed E-state index contributed by atoms with van der Waals surface area (Å²) in [5.74, 6) is -1.46. The van der Waals surface area contributed by atoms with Crippen molar-refractivity contribution in [1.29, 1.82) is 0 Å². The number of nitrogens with one attached hydrogen (secondary N) is 1. The molecule has 0 atom stereocenters. The summed E-state index contributed by atoms with van der Waals surface area (Å²) in [4.78, 5) is 20.7. The minimum absolute atomic E-state index is 0.0175. The second-order valence-corrected chi connectivity index (χ2v) is 6.85. The third-order valence-corrected chi connectivity index (χ3v) is 4.89. The van der Waals surface area contributed by atoms with Gasteiger partial charge in [-0.1, -0.05) is 18.2 Å². The predicted molar refractivity (Wildman–Crippen MR) is 104 cm³/mol. The molecule has 1 saturated heterocycles. The molecule has 28 heavy (non-hydrogen) atoms. The molecule has 1 aliphatic heterocycles. The van der Waals surface area contributed by atoms with E-state index in [1.807, 2.05) is 30.5 Å². The Kier molecular flexibility index (Phi) is 5.16. The van der Waals surface area contributed by atoms with Gasteiger partial charge in [0.05, 0.1) is 11.2 Å². The van der Waals surface area contributed by atoms with Crippen LogP contribution in [-0.2, 0) is 6.54 Å². The van der Waals surface area contributed by atoms with Crippen LogP contribution in [0.1, 0.15) is 5.56 Å². The smallest absolute Gasteiger partial charge is 0.322 e. The molecule has 0 spiro atoms. The molecule has 0 saturated carbocycles. The lowest BCUT2D eigenvalue weighted by atomic mass is 10.1.